The van der Waals surface area contributed by atoms with E-state index in [0.717, 1.165) is 0 Å². The first-order valence-corrected chi connectivity index (χ1v) is 4.99. The Balaban J connectivity index is 2.87. The van der Waals surface area contributed by atoms with Crippen molar-refractivity contribution in [2.24, 2.45) is 0 Å². The fourth-order valence-corrected chi connectivity index (χ4v) is 1.96. The molecule has 0 aliphatic heterocycles. The van der Waals surface area contributed by atoms with E-state index in [-0.39, 0.29) is 6.42 Å². The van der Waals surface area contributed by atoms with Crippen LogP contribution < -0.4 is 0 Å². The first-order chi connectivity index (χ1) is 6.08. The third-order valence-corrected chi connectivity index (χ3v) is 2.77. The summed E-state index contributed by atoms with van der Waals surface area (Å²) in [6.45, 7) is 1.78. The SMILES string of the molecule is CCC(O)(CC(=O)O)c1ccsc1. The van der Waals surface area contributed by atoms with Crippen LogP contribution in [0, 0.1) is 0 Å². The van der Waals surface area contributed by atoms with Gasteiger partial charge in [-0.05, 0) is 28.8 Å². The normalized spacial score (nSPS) is 15.2. The third kappa shape index (κ3) is 2.29. The fraction of sp³-hybridized carbons (Fsp3) is 0.444. The zero-order valence-corrected chi connectivity index (χ0v) is 8.17. The number of aliphatic carboxylic acids is 1. The molecule has 0 bridgehead atoms. The van der Waals surface area contributed by atoms with Gasteiger partial charge in [-0.2, -0.15) is 11.3 Å². The molecule has 1 heterocycles. The van der Waals surface area contributed by atoms with Crippen LogP contribution in [-0.2, 0) is 10.4 Å². The molecule has 0 saturated carbocycles. The lowest BCUT2D eigenvalue weighted by atomic mass is 9.90. The molecule has 0 aliphatic rings. The lowest BCUT2D eigenvalue weighted by Gasteiger charge is -2.23. The fourth-order valence-electron chi connectivity index (χ4n) is 1.21. The van der Waals surface area contributed by atoms with Crippen LogP contribution >= 0.6 is 11.3 Å². The molecular weight excluding hydrogens is 188 g/mol. The second-order valence-corrected chi connectivity index (χ2v) is 3.75. The number of carbonyl (C=O) groups is 1. The molecule has 1 atom stereocenters. The quantitative estimate of drug-likeness (QED) is 0.779. The molecule has 1 rings (SSSR count). The van der Waals surface area contributed by atoms with Gasteiger partial charge in [0.2, 0.25) is 0 Å². The van der Waals surface area contributed by atoms with Gasteiger partial charge < -0.3 is 10.2 Å². The van der Waals surface area contributed by atoms with Gasteiger partial charge in [0.05, 0.1) is 6.42 Å². The Morgan fingerprint density at radius 2 is 2.38 bits per heavy atom. The molecule has 0 fully saturated rings. The van der Waals surface area contributed by atoms with E-state index >= 15 is 0 Å². The largest absolute Gasteiger partial charge is 0.481 e. The van der Waals surface area contributed by atoms with Crippen molar-refractivity contribution in [1.82, 2.24) is 0 Å². The summed E-state index contributed by atoms with van der Waals surface area (Å²) in [5, 5.41) is 22.2. The zero-order valence-electron chi connectivity index (χ0n) is 7.36. The van der Waals surface area contributed by atoms with Crippen LogP contribution in [0.15, 0.2) is 16.8 Å². The second-order valence-electron chi connectivity index (χ2n) is 2.97. The molecule has 1 aromatic rings. The monoisotopic (exact) mass is 200 g/mol. The highest BCUT2D eigenvalue weighted by Crippen LogP contribution is 2.30. The van der Waals surface area contributed by atoms with Crippen LogP contribution in [0.25, 0.3) is 0 Å². The van der Waals surface area contributed by atoms with Gasteiger partial charge >= 0.3 is 5.97 Å². The summed E-state index contributed by atoms with van der Waals surface area (Å²) in [6, 6.07) is 1.76. The lowest BCUT2D eigenvalue weighted by molar-refractivity contribution is -0.143. The minimum absolute atomic E-state index is 0.236. The molecule has 0 saturated heterocycles. The van der Waals surface area contributed by atoms with Crippen LogP contribution in [0.3, 0.4) is 0 Å². The number of carboxylic acid groups (broad SMARTS) is 1. The predicted molar refractivity (Wildman–Crippen MR) is 50.8 cm³/mol. The molecule has 13 heavy (non-hydrogen) atoms. The highest BCUT2D eigenvalue weighted by Gasteiger charge is 2.30. The van der Waals surface area contributed by atoms with E-state index in [1.54, 1.807) is 18.4 Å². The Morgan fingerprint density at radius 3 is 2.77 bits per heavy atom. The van der Waals surface area contributed by atoms with Crippen LogP contribution in [0.1, 0.15) is 25.3 Å². The Hall–Kier alpha value is -0.870. The van der Waals surface area contributed by atoms with Crippen molar-refractivity contribution in [2.75, 3.05) is 0 Å². The Bertz CT molecular complexity index is 281. The predicted octanol–water partition coefficient (Wildman–Crippen LogP) is 1.82. The lowest BCUT2D eigenvalue weighted by Crippen LogP contribution is -2.27. The van der Waals surface area contributed by atoms with Gasteiger partial charge in [0.1, 0.15) is 5.60 Å². The standard InChI is InChI=1S/C9H12O3S/c1-2-9(12,5-8(10)11)7-3-4-13-6-7/h3-4,6,12H,2,5H2,1H3,(H,10,11). The number of hydrogen-bond donors (Lipinski definition) is 2. The van der Waals surface area contributed by atoms with Crippen molar-refractivity contribution >= 4 is 17.3 Å². The van der Waals surface area contributed by atoms with E-state index in [0.29, 0.717) is 12.0 Å². The van der Waals surface area contributed by atoms with Gasteiger partial charge in [0, 0.05) is 0 Å². The number of rotatable bonds is 4. The van der Waals surface area contributed by atoms with Gasteiger partial charge in [0.15, 0.2) is 0 Å². The number of aliphatic hydroxyl groups is 1. The number of thiophene rings is 1. The maximum Gasteiger partial charge on any atom is 0.306 e. The summed E-state index contributed by atoms with van der Waals surface area (Å²) in [7, 11) is 0. The van der Waals surface area contributed by atoms with Crippen LogP contribution in [0.2, 0.25) is 0 Å². The topological polar surface area (TPSA) is 57.5 Å². The minimum Gasteiger partial charge on any atom is -0.481 e. The summed E-state index contributed by atoms with van der Waals surface area (Å²) in [6.07, 6.45) is 0.177. The van der Waals surface area contributed by atoms with E-state index in [1.165, 1.54) is 11.3 Å². The van der Waals surface area contributed by atoms with Crippen molar-refractivity contribution in [3.05, 3.63) is 22.4 Å². The molecular formula is C9H12O3S. The third-order valence-electron chi connectivity index (χ3n) is 2.09. The average Bonchev–Trinajstić information content (AvgIpc) is 2.55. The second kappa shape index (κ2) is 3.89. The van der Waals surface area contributed by atoms with E-state index in [2.05, 4.69) is 0 Å². The Labute approximate surface area is 80.6 Å². The highest BCUT2D eigenvalue weighted by molar-refractivity contribution is 7.08. The van der Waals surface area contributed by atoms with E-state index in [9.17, 15) is 9.90 Å². The summed E-state index contributed by atoms with van der Waals surface area (Å²) in [5.41, 5.74) is -0.506. The molecule has 0 aliphatic carbocycles. The van der Waals surface area contributed by atoms with Gasteiger partial charge in [-0.3, -0.25) is 4.79 Å². The van der Waals surface area contributed by atoms with Crippen molar-refractivity contribution < 1.29 is 15.0 Å². The molecule has 0 spiro atoms. The number of hydrogen-bond acceptors (Lipinski definition) is 3. The van der Waals surface area contributed by atoms with Crippen molar-refractivity contribution in [3.63, 3.8) is 0 Å². The molecule has 1 aromatic heterocycles. The first kappa shape index (κ1) is 10.2. The molecule has 0 radical (unpaired) electrons. The molecule has 2 N–H and O–H groups in total. The van der Waals surface area contributed by atoms with Crippen molar-refractivity contribution in [2.45, 2.75) is 25.4 Å². The maximum absolute atomic E-state index is 10.5. The summed E-state index contributed by atoms with van der Waals surface area (Å²) in [5.74, 6) is -0.976. The van der Waals surface area contributed by atoms with E-state index in [4.69, 9.17) is 5.11 Å². The van der Waals surface area contributed by atoms with Crippen molar-refractivity contribution in [1.29, 1.82) is 0 Å². The molecule has 0 amide bonds. The maximum atomic E-state index is 10.5. The van der Waals surface area contributed by atoms with Gasteiger partial charge in [-0.15, -0.1) is 0 Å². The Kier molecular flexibility index (Phi) is 3.06. The highest BCUT2D eigenvalue weighted by atomic mass is 32.1. The summed E-state index contributed by atoms with van der Waals surface area (Å²) in [4.78, 5) is 10.5. The molecule has 0 aromatic carbocycles. The van der Waals surface area contributed by atoms with Gasteiger partial charge in [-0.25, -0.2) is 0 Å². The molecule has 3 nitrogen and oxygen atoms in total. The minimum atomic E-state index is -1.20. The van der Waals surface area contributed by atoms with E-state index < -0.39 is 11.6 Å². The average molecular weight is 200 g/mol. The van der Waals surface area contributed by atoms with Crippen LogP contribution in [-0.4, -0.2) is 16.2 Å². The molecule has 4 heteroatoms. The molecule has 1 unspecified atom stereocenters. The van der Waals surface area contributed by atoms with Gasteiger partial charge in [0.25, 0.3) is 0 Å². The Morgan fingerprint density at radius 1 is 1.69 bits per heavy atom. The molecule has 72 valence electrons. The van der Waals surface area contributed by atoms with Crippen LogP contribution in [0.5, 0.6) is 0 Å². The van der Waals surface area contributed by atoms with Gasteiger partial charge in [-0.1, -0.05) is 6.92 Å². The number of carboxylic acids is 1. The summed E-state index contributed by atoms with van der Waals surface area (Å²) >= 11 is 1.46. The smallest absolute Gasteiger partial charge is 0.306 e. The zero-order chi connectivity index (χ0) is 9.90. The summed E-state index contributed by atoms with van der Waals surface area (Å²) < 4.78 is 0. The first-order valence-electron chi connectivity index (χ1n) is 4.05. The van der Waals surface area contributed by atoms with Crippen LogP contribution in [0.4, 0.5) is 0 Å². The van der Waals surface area contributed by atoms with Crippen molar-refractivity contribution in [3.8, 4) is 0 Å². The van der Waals surface area contributed by atoms with E-state index in [1.807, 2.05) is 5.38 Å².